The lowest BCUT2D eigenvalue weighted by molar-refractivity contribution is -0.384. The second-order valence-electron chi connectivity index (χ2n) is 6.45. The van der Waals surface area contributed by atoms with E-state index in [9.17, 15) is 19.7 Å². The highest BCUT2D eigenvalue weighted by molar-refractivity contribution is 6.06. The second kappa shape index (κ2) is 9.16. The first-order chi connectivity index (χ1) is 14.0. The van der Waals surface area contributed by atoms with Crippen molar-refractivity contribution in [3.8, 4) is 5.75 Å². The summed E-state index contributed by atoms with van der Waals surface area (Å²) < 4.78 is 15.8. The number of nitrogens with one attached hydrogen (secondary N) is 1. The summed E-state index contributed by atoms with van der Waals surface area (Å²) in [4.78, 5) is 34.8. The highest BCUT2D eigenvalue weighted by atomic mass is 16.6. The first kappa shape index (κ1) is 20.3. The Kier molecular flexibility index (Phi) is 6.40. The van der Waals surface area contributed by atoms with Gasteiger partial charge in [0, 0.05) is 36.1 Å². The van der Waals surface area contributed by atoms with Crippen molar-refractivity contribution in [1.82, 2.24) is 0 Å². The number of hydrogen-bond donors (Lipinski definition) is 1. The Morgan fingerprint density at radius 1 is 1.24 bits per heavy atom. The van der Waals surface area contributed by atoms with Gasteiger partial charge in [-0.1, -0.05) is 6.07 Å². The van der Waals surface area contributed by atoms with Crippen molar-refractivity contribution in [1.29, 1.82) is 0 Å². The number of nitrogens with zero attached hydrogens (tertiary/aromatic N) is 1. The van der Waals surface area contributed by atoms with Crippen LogP contribution in [0.15, 0.2) is 42.5 Å². The molecule has 0 aromatic heterocycles. The summed E-state index contributed by atoms with van der Waals surface area (Å²) in [5, 5.41) is 13.8. The number of nitro groups is 1. The monoisotopic (exact) mass is 400 g/mol. The van der Waals surface area contributed by atoms with Crippen LogP contribution in [-0.2, 0) is 9.47 Å². The Labute approximate surface area is 166 Å². The Morgan fingerprint density at radius 2 is 2.03 bits per heavy atom. The molecule has 0 aliphatic carbocycles. The fourth-order valence-corrected chi connectivity index (χ4v) is 2.92. The molecule has 3 rings (SSSR count). The lowest BCUT2D eigenvalue weighted by atomic mass is 10.1. The van der Waals surface area contributed by atoms with E-state index in [1.54, 1.807) is 24.3 Å². The van der Waals surface area contributed by atoms with E-state index in [1.807, 2.05) is 0 Å². The number of nitro benzene ring substituents is 1. The molecule has 1 aliphatic rings. The molecule has 9 heteroatoms. The Hall–Kier alpha value is -3.46. The minimum Gasteiger partial charge on any atom is -0.491 e. The van der Waals surface area contributed by atoms with Gasteiger partial charge in [-0.15, -0.1) is 0 Å². The number of ether oxygens (including phenoxy) is 3. The maximum Gasteiger partial charge on any atom is 0.338 e. The molecule has 152 valence electrons. The van der Waals surface area contributed by atoms with Crippen LogP contribution in [0.2, 0.25) is 0 Å². The number of esters is 1. The molecule has 1 N–H and O–H groups in total. The zero-order valence-electron chi connectivity index (χ0n) is 15.8. The summed E-state index contributed by atoms with van der Waals surface area (Å²) in [5.41, 5.74) is -0.0524. The molecule has 1 aliphatic heterocycles. The maximum atomic E-state index is 12.6. The lowest BCUT2D eigenvalue weighted by Crippen LogP contribution is -2.16. The molecule has 0 spiro atoms. The molecule has 1 fully saturated rings. The van der Waals surface area contributed by atoms with Crippen LogP contribution in [0.1, 0.15) is 33.6 Å². The van der Waals surface area contributed by atoms with Crippen molar-refractivity contribution in [2.24, 2.45) is 0 Å². The van der Waals surface area contributed by atoms with Crippen molar-refractivity contribution >= 4 is 23.3 Å². The van der Waals surface area contributed by atoms with E-state index in [4.69, 9.17) is 9.47 Å². The van der Waals surface area contributed by atoms with Crippen LogP contribution in [0, 0.1) is 10.1 Å². The zero-order valence-corrected chi connectivity index (χ0v) is 15.8. The Morgan fingerprint density at radius 3 is 2.72 bits per heavy atom. The third-order valence-electron chi connectivity index (χ3n) is 4.36. The number of carbonyl (C=O) groups excluding carboxylic acids is 2. The molecule has 1 atom stereocenters. The van der Waals surface area contributed by atoms with Gasteiger partial charge in [0.15, 0.2) is 0 Å². The van der Waals surface area contributed by atoms with Crippen LogP contribution in [0.3, 0.4) is 0 Å². The fourth-order valence-electron chi connectivity index (χ4n) is 2.92. The first-order valence-corrected chi connectivity index (χ1v) is 9.00. The molecule has 29 heavy (non-hydrogen) atoms. The number of non-ortho nitro benzene ring substituents is 1. The number of carbonyl (C=O) groups is 2. The number of hydrogen-bond acceptors (Lipinski definition) is 7. The summed E-state index contributed by atoms with van der Waals surface area (Å²) in [6.07, 6.45) is 2.03. The van der Waals surface area contributed by atoms with Crippen molar-refractivity contribution in [2.45, 2.75) is 18.9 Å². The summed E-state index contributed by atoms with van der Waals surface area (Å²) in [7, 11) is 1.16. The molecule has 0 bridgehead atoms. The van der Waals surface area contributed by atoms with E-state index in [0.29, 0.717) is 18.0 Å². The predicted molar refractivity (Wildman–Crippen MR) is 103 cm³/mol. The van der Waals surface area contributed by atoms with E-state index >= 15 is 0 Å². The molecular formula is C20H20N2O7. The maximum absolute atomic E-state index is 12.6. The Bertz CT molecular complexity index is 923. The quantitative estimate of drug-likeness (QED) is 0.431. The van der Waals surface area contributed by atoms with Gasteiger partial charge in [0.1, 0.15) is 12.4 Å². The van der Waals surface area contributed by atoms with Gasteiger partial charge in [0.05, 0.1) is 23.7 Å². The summed E-state index contributed by atoms with van der Waals surface area (Å²) >= 11 is 0. The molecular weight excluding hydrogens is 380 g/mol. The molecule has 1 amide bonds. The first-order valence-electron chi connectivity index (χ1n) is 9.00. The van der Waals surface area contributed by atoms with Gasteiger partial charge < -0.3 is 19.5 Å². The van der Waals surface area contributed by atoms with E-state index in [-0.39, 0.29) is 22.9 Å². The SMILES string of the molecule is COC(=O)c1cc(C(=O)Nc2cccc(OC[C@@H]3CCCO3)c2)cc([N+](=O)[O-])c1. The molecule has 0 saturated carbocycles. The van der Waals surface area contributed by atoms with Gasteiger partial charge in [0.25, 0.3) is 11.6 Å². The lowest BCUT2D eigenvalue weighted by Gasteiger charge is -2.13. The topological polar surface area (TPSA) is 117 Å². The average molecular weight is 400 g/mol. The van der Waals surface area contributed by atoms with Crippen molar-refractivity contribution in [3.63, 3.8) is 0 Å². The van der Waals surface area contributed by atoms with Crippen molar-refractivity contribution in [2.75, 3.05) is 25.6 Å². The molecule has 2 aromatic carbocycles. The highest BCUT2D eigenvalue weighted by Gasteiger charge is 2.19. The standard InChI is InChI=1S/C20H20N2O7/c1-27-20(24)14-8-13(9-16(10-14)22(25)26)19(23)21-15-4-2-5-17(11-15)29-12-18-6-3-7-28-18/h2,4-5,8-11,18H,3,6-7,12H2,1H3,(H,21,23)/t18-/m0/s1. The number of methoxy groups -OCH3 is 1. The third-order valence-corrected chi connectivity index (χ3v) is 4.36. The van der Waals surface area contributed by atoms with Crippen LogP contribution in [0.5, 0.6) is 5.75 Å². The van der Waals surface area contributed by atoms with Gasteiger partial charge >= 0.3 is 5.97 Å². The molecule has 2 aromatic rings. The normalized spacial score (nSPS) is 15.6. The van der Waals surface area contributed by atoms with Crippen LogP contribution >= 0.6 is 0 Å². The molecule has 9 nitrogen and oxygen atoms in total. The number of benzene rings is 2. The van der Waals surface area contributed by atoms with Gasteiger partial charge in [-0.3, -0.25) is 14.9 Å². The number of amides is 1. The Balaban J connectivity index is 1.74. The average Bonchev–Trinajstić information content (AvgIpc) is 3.25. The van der Waals surface area contributed by atoms with E-state index in [1.165, 1.54) is 6.07 Å². The highest BCUT2D eigenvalue weighted by Crippen LogP contribution is 2.22. The largest absolute Gasteiger partial charge is 0.491 e. The van der Waals surface area contributed by atoms with Crippen LogP contribution in [-0.4, -0.2) is 43.2 Å². The molecule has 1 saturated heterocycles. The van der Waals surface area contributed by atoms with Gasteiger partial charge in [-0.25, -0.2) is 4.79 Å². The number of anilines is 1. The summed E-state index contributed by atoms with van der Waals surface area (Å²) in [5.74, 6) is -0.810. The van der Waals surface area contributed by atoms with Crippen LogP contribution in [0.4, 0.5) is 11.4 Å². The van der Waals surface area contributed by atoms with E-state index in [0.717, 1.165) is 38.7 Å². The molecule has 1 heterocycles. The van der Waals surface area contributed by atoms with Gasteiger partial charge in [-0.05, 0) is 31.0 Å². The minimum absolute atomic E-state index is 0.0368. The number of rotatable bonds is 7. The molecule has 0 unspecified atom stereocenters. The third kappa shape index (κ3) is 5.29. The van der Waals surface area contributed by atoms with Crippen molar-refractivity contribution < 1.29 is 28.7 Å². The second-order valence-corrected chi connectivity index (χ2v) is 6.45. The molecule has 0 radical (unpaired) electrons. The predicted octanol–water partition coefficient (Wildman–Crippen LogP) is 3.19. The van der Waals surface area contributed by atoms with Crippen molar-refractivity contribution in [3.05, 3.63) is 63.7 Å². The summed E-state index contributed by atoms with van der Waals surface area (Å²) in [6, 6.07) is 10.2. The fraction of sp³-hybridized carbons (Fsp3) is 0.300. The van der Waals surface area contributed by atoms with E-state index < -0.39 is 16.8 Å². The smallest absolute Gasteiger partial charge is 0.338 e. The summed E-state index contributed by atoms with van der Waals surface area (Å²) in [6.45, 7) is 1.16. The van der Waals surface area contributed by atoms with Gasteiger partial charge in [0.2, 0.25) is 0 Å². The van der Waals surface area contributed by atoms with Crippen LogP contribution in [0.25, 0.3) is 0 Å². The van der Waals surface area contributed by atoms with Gasteiger partial charge in [-0.2, -0.15) is 0 Å². The zero-order chi connectivity index (χ0) is 20.8. The van der Waals surface area contributed by atoms with Crippen LogP contribution < -0.4 is 10.1 Å². The minimum atomic E-state index is -0.771. The van der Waals surface area contributed by atoms with E-state index in [2.05, 4.69) is 10.1 Å².